The van der Waals surface area contributed by atoms with E-state index in [1.54, 1.807) is 18.2 Å². The third-order valence-electron chi connectivity index (χ3n) is 2.84. The van der Waals surface area contributed by atoms with Crippen LogP contribution in [0.15, 0.2) is 41.3 Å². The highest BCUT2D eigenvalue weighted by Crippen LogP contribution is 2.23. The van der Waals surface area contributed by atoms with Crippen LogP contribution in [0.5, 0.6) is 0 Å². The summed E-state index contributed by atoms with van der Waals surface area (Å²) in [6, 6.07) is 6.02. The van der Waals surface area contributed by atoms with Gasteiger partial charge in [-0.15, -0.1) is 0 Å². The Labute approximate surface area is 111 Å². The molecule has 4 nitrogen and oxygen atoms in total. The molecule has 2 rings (SSSR count). The number of halogens is 1. The van der Waals surface area contributed by atoms with Crippen molar-refractivity contribution in [3.8, 4) is 0 Å². The summed E-state index contributed by atoms with van der Waals surface area (Å²) < 4.78 is 26.8. The van der Waals surface area contributed by atoms with Gasteiger partial charge in [-0.05, 0) is 18.6 Å². The van der Waals surface area contributed by atoms with Crippen molar-refractivity contribution in [2.24, 2.45) is 5.92 Å². The first-order valence-corrected chi connectivity index (χ1v) is 7.45. The number of nitrogens with one attached hydrogen (secondary N) is 1. The molecule has 0 saturated heterocycles. The first kappa shape index (κ1) is 13.5. The fourth-order valence-electron chi connectivity index (χ4n) is 1.92. The number of hydrogen-bond acceptors (Lipinski definition) is 3. The molecule has 18 heavy (non-hydrogen) atoms. The van der Waals surface area contributed by atoms with Gasteiger partial charge in [0.05, 0.1) is 5.02 Å². The molecule has 0 fully saturated rings. The molecule has 0 heterocycles. The largest absolute Gasteiger partial charge is 0.396 e. The summed E-state index contributed by atoms with van der Waals surface area (Å²) in [6.45, 7) is 0.0286. The second kappa shape index (κ2) is 5.40. The van der Waals surface area contributed by atoms with Crippen LogP contribution in [-0.2, 0) is 10.0 Å². The molecule has 1 aliphatic rings. The van der Waals surface area contributed by atoms with Crippen LogP contribution < -0.4 is 4.72 Å². The molecule has 1 aromatic carbocycles. The highest BCUT2D eigenvalue weighted by molar-refractivity contribution is 7.89. The second-order valence-electron chi connectivity index (χ2n) is 4.22. The molecule has 2 N–H and O–H groups in total. The Hall–Kier alpha value is -0.880. The average Bonchev–Trinajstić information content (AvgIpc) is 2.76. The Morgan fingerprint density at radius 2 is 2.06 bits per heavy atom. The van der Waals surface area contributed by atoms with Gasteiger partial charge in [0.1, 0.15) is 4.90 Å². The molecule has 1 aromatic rings. The number of benzene rings is 1. The zero-order valence-electron chi connectivity index (χ0n) is 9.58. The maximum absolute atomic E-state index is 12.1. The van der Waals surface area contributed by atoms with Gasteiger partial charge in [-0.25, -0.2) is 13.1 Å². The zero-order chi connectivity index (χ0) is 13.2. The lowest BCUT2D eigenvalue weighted by atomic mass is 10.1. The van der Waals surface area contributed by atoms with Crippen LogP contribution in [0.3, 0.4) is 0 Å². The van der Waals surface area contributed by atoms with Crippen molar-refractivity contribution in [2.45, 2.75) is 17.4 Å². The van der Waals surface area contributed by atoms with E-state index in [1.807, 2.05) is 6.08 Å². The van der Waals surface area contributed by atoms with E-state index in [-0.39, 0.29) is 28.5 Å². The van der Waals surface area contributed by atoms with E-state index < -0.39 is 10.0 Å². The first-order chi connectivity index (χ1) is 8.53. The van der Waals surface area contributed by atoms with E-state index in [1.165, 1.54) is 12.1 Å². The maximum Gasteiger partial charge on any atom is 0.242 e. The minimum atomic E-state index is -3.62. The fourth-order valence-corrected chi connectivity index (χ4v) is 3.65. The van der Waals surface area contributed by atoms with Crippen LogP contribution in [0.1, 0.15) is 6.42 Å². The van der Waals surface area contributed by atoms with E-state index in [9.17, 15) is 8.42 Å². The van der Waals surface area contributed by atoms with Crippen molar-refractivity contribution in [1.29, 1.82) is 0 Å². The van der Waals surface area contributed by atoms with Gasteiger partial charge in [-0.2, -0.15) is 0 Å². The highest BCUT2D eigenvalue weighted by Gasteiger charge is 2.25. The topological polar surface area (TPSA) is 66.4 Å². The van der Waals surface area contributed by atoms with Gasteiger partial charge in [0.2, 0.25) is 10.0 Å². The summed E-state index contributed by atoms with van der Waals surface area (Å²) in [4.78, 5) is 0.0764. The van der Waals surface area contributed by atoms with Gasteiger partial charge in [-0.3, -0.25) is 0 Å². The van der Waals surface area contributed by atoms with E-state index in [4.69, 9.17) is 16.7 Å². The van der Waals surface area contributed by atoms with Crippen LogP contribution in [0.25, 0.3) is 0 Å². The van der Waals surface area contributed by atoms with Gasteiger partial charge in [0.25, 0.3) is 0 Å². The molecule has 0 spiro atoms. The Morgan fingerprint density at radius 1 is 1.33 bits per heavy atom. The molecule has 0 bridgehead atoms. The van der Waals surface area contributed by atoms with Gasteiger partial charge in [0.15, 0.2) is 0 Å². The van der Waals surface area contributed by atoms with Crippen molar-refractivity contribution in [3.63, 3.8) is 0 Å². The third kappa shape index (κ3) is 2.92. The van der Waals surface area contributed by atoms with Gasteiger partial charge in [0, 0.05) is 18.6 Å². The summed E-state index contributed by atoms with van der Waals surface area (Å²) in [5.41, 5.74) is 0. The molecule has 98 valence electrons. The fraction of sp³-hybridized carbons (Fsp3) is 0.333. The molecule has 0 saturated carbocycles. The molecule has 2 atom stereocenters. The van der Waals surface area contributed by atoms with E-state index in [2.05, 4.69) is 4.72 Å². The number of rotatable bonds is 4. The summed E-state index contributed by atoms with van der Waals surface area (Å²) in [6.07, 6.45) is 4.15. The first-order valence-electron chi connectivity index (χ1n) is 5.59. The van der Waals surface area contributed by atoms with Crippen molar-refractivity contribution in [1.82, 2.24) is 4.72 Å². The van der Waals surface area contributed by atoms with Gasteiger partial charge in [-0.1, -0.05) is 35.9 Å². The van der Waals surface area contributed by atoms with E-state index in [0.717, 1.165) is 0 Å². The van der Waals surface area contributed by atoms with Crippen LogP contribution in [-0.4, -0.2) is 26.2 Å². The van der Waals surface area contributed by atoms with Gasteiger partial charge >= 0.3 is 0 Å². The van der Waals surface area contributed by atoms with Crippen molar-refractivity contribution in [3.05, 3.63) is 41.4 Å². The van der Waals surface area contributed by atoms with Crippen LogP contribution in [0.2, 0.25) is 5.02 Å². The number of sulfonamides is 1. The quantitative estimate of drug-likeness (QED) is 0.826. The SMILES string of the molecule is O=S(=O)(N[C@@H]1C=C[C@H](CO)C1)c1ccccc1Cl. The number of hydrogen-bond donors (Lipinski definition) is 2. The van der Waals surface area contributed by atoms with Crippen LogP contribution in [0.4, 0.5) is 0 Å². The van der Waals surface area contributed by atoms with Crippen molar-refractivity contribution < 1.29 is 13.5 Å². The molecule has 0 amide bonds. The van der Waals surface area contributed by atoms with Crippen molar-refractivity contribution in [2.75, 3.05) is 6.61 Å². The maximum atomic E-state index is 12.1. The molecule has 1 aliphatic carbocycles. The highest BCUT2D eigenvalue weighted by atomic mass is 35.5. The van der Waals surface area contributed by atoms with Crippen LogP contribution in [0, 0.1) is 5.92 Å². The summed E-state index contributed by atoms with van der Waals surface area (Å²) in [7, 11) is -3.62. The molecule has 0 aliphatic heterocycles. The number of aliphatic hydroxyl groups is 1. The Kier molecular flexibility index (Phi) is 4.07. The summed E-state index contributed by atoms with van der Waals surface area (Å²) in [5.74, 6) is 0.0175. The average molecular weight is 288 g/mol. The molecule has 6 heteroatoms. The standard InChI is InChI=1S/C12H14ClNO3S/c13-11-3-1-2-4-12(11)18(16,17)14-10-6-5-9(7-10)8-15/h1-6,9-10,14-15H,7-8H2/t9-,10+/m0/s1. The lowest BCUT2D eigenvalue weighted by Gasteiger charge is -2.13. The number of aliphatic hydroxyl groups excluding tert-OH is 1. The van der Waals surface area contributed by atoms with E-state index >= 15 is 0 Å². The molecule has 0 unspecified atom stereocenters. The van der Waals surface area contributed by atoms with E-state index in [0.29, 0.717) is 6.42 Å². The second-order valence-corrected chi connectivity index (χ2v) is 6.31. The lowest BCUT2D eigenvalue weighted by Crippen LogP contribution is -2.33. The zero-order valence-corrected chi connectivity index (χ0v) is 11.2. The lowest BCUT2D eigenvalue weighted by molar-refractivity contribution is 0.248. The Balaban J connectivity index is 2.14. The molecular weight excluding hydrogens is 274 g/mol. The monoisotopic (exact) mass is 287 g/mol. The Bertz CT molecular complexity index is 556. The predicted octanol–water partition coefficient (Wildman–Crippen LogP) is 1.56. The predicted molar refractivity (Wildman–Crippen MR) is 69.9 cm³/mol. The third-order valence-corrected chi connectivity index (χ3v) is 4.83. The van der Waals surface area contributed by atoms with Crippen molar-refractivity contribution >= 4 is 21.6 Å². The minimum Gasteiger partial charge on any atom is -0.396 e. The smallest absolute Gasteiger partial charge is 0.242 e. The van der Waals surface area contributed by atoms with Crippen LogP contribution >= 0.6 is 11.6 Å². The van der Waals surface area contributed by atoms with Gasteiger partial charge < -0.3 is 5.11 Å². The Morgan fingerprint density at radius 3 is 2.67 bits per heavy atom. The molecular formula is C12H14ClNO3S. The molecule has 0 radical (unpaired) electrons. The summed E-state index contributed by atoms with van der Waals surface area (Å²) >= 11 is 5.87. The minimum absolute atomic E-state index is 0.0175. The summed E-state index contributed by atoms with van der Waals surface area (Å²) in [5, 5.41) is 9.19. The normalized spacial score (nSPS) is 23.4. The molecule has 0 aromatic heterocycles.